The van der Waals surface area contributed by atoms with Crippen molar-refractivity contribution >= 4 is 29.5 Å². The Balaban J connectivity index is 1.66. The molecule has 0 aromatic heterocycles. The van der Waals surface area contributed by atoms with Crippen LogP contribution in [0.3, 0.4) is 0 Å². The molecule has 1 aromatic carbocycles. The zero-order chi connectivity index (χ0) is 30.0. The van der Waals surface area contributed by atoms with E-state index in [0.29, 0.717) is 17.9 Å². The van der Waals surface area contributed by atoms with E-state index < -0.39 is 47.9 Å². The van der Waals surface area contributed by atoms with Crippen LogP contribution >= 0.6 is 11.8 Å². The summed E-state index contributed by atoms with van der Waals surface area (Å²) in [7, 11) is 0. The molecule has 1 saturated heterocycles. The molecule has 230 valence electrons. The number of amides is 2. The van der Waals surface area contributed by atoms with Crippen molar-refractivity contribution in [1.82, 2.24) is 10.6 Å². The average molecular weight is 595 g/mol. The van der Waals surface area contributed by atoms with Crippen LogP contribution in [0.5, 0.6) is 0 Å². The summed E-state index contributed by atoms with van der Waals surface area (Å²) in [6.07, 6.45) is 2.70. The number of ether oxygens (including phenoxy) is 2. The topological polar surface area (TPSA) is 154 Å². The lowest BCUT2D eigenvalue weighted by molar-refractivity contribution is -0.304. The lowest BCUT2D eigenvalue weighted by atomic mass is 9.84. The average Bonchev–Trinajstić information content (AvgIpc) is 2.96. The quantitative estimate of drug-likeness (QED) is 0.205. The minimum absolute atomic E-state index is 0.107. The Morgan fingerprint density at radius 2 is 1.85 bits per heavy atom. The fourth-order valence-electron chi connectivity index (χ4n) is 5.69. The summed E-state index contributed by atoms with van der Waals surface area (Å²) in [5.74, 6) is -2.85. The van der Waals surface area contributed by atoms with Crippen LogP contribution in [0.4, 0.5) is 0 Å². The lowest BCUT2D eigenvalue weighted by Crippen LogP contribution is -2.66. The van der Waals surface area contributed by atoms with Crippen LogP contribution in [0, 0.1) is 5.92 Å². The minimum Gasteiger partial charge on any atom is -0.477 e. The normalized spacial score (nSPS) is 26.6. The van der Waals surface area contributed by atoms with Crippen LogP contribution in [0.2, 0.25) is 0 Å². The summed E-state index contributed by atoms with van der Waals surface area (Å²) in [4.78, 5) is 37.1. The molecule has 11 heteroatoms. The highest BCUT2D eigenvalue weighted by atomic mass is 32.2. The van der Waals surface area contributed by atoms with Gasteiger partial charge in [-0.1, -0.05) is 45.2 Å². The molecule has 10 nitrogen and oxygen atoms in total. The number of aliphatic hydroxyl groups is 2. The van der Waals surface area contributed by atoms with Gasteiger partial charge in [-0.3, -0.25) is 9.59 Å². The van der Waals surface area contributed by atoms with E-state index >= 15 is 0 Å². The second-order valence-electron chi connectivity index (χ2n) is 11.1. The van der Waals surface area contributed by atoms with Gasteiger partial charge >= 0.3 is 5.97 Å². The van der Waals surface area contributed by atoms with Gasteiger partial charge in [-0.25, -0.2) is 4.79 Å². The fourth-order valence-corrected chi connectivity index (χ4v) is 6.30. The number of benzene rings is 1. The Hall–Kier alpha value is -2.18. The van der Waals surface area contributed by atoms with E-state index in [4.69, 9.17) is 9.47 Å². The molecule has 1 aliphatic heterocycles. The van der Waals surface area contributed by atoms with Crippen LogP contribution in [0.15, 0.2) is 24.3 Å². The van der Waals surface area contributed by atoms with Crippen molar-refractivity contribution in [3.05, 3.63) is 35.4 Å². The van der Waals surface area contributed by atoms with Gasteiger partial charge in [-0.05, 0) is 54.4 Å². The first kappa shape index (κ1) is 33.3. The van der Waals surface area contributed by atoms with Crippen molar-refractivity contribution in [2.24, 2.45) is 5.92 Å². The van der Waals surface area contributed by atoms with E-state index in [1.165, 1.54) is 44.6 Å². The van der Waals surface area contributed by atoms with Crippen molar-refractivity contribution < 1.29 is 39.2 Å². The molecule has 5 N–H and O–H groups in total. The van der Waals surface area contributed by atoms with E-state index in [1.54, 1.807) is 30.8 Å². The molecule has 1 aromatic rings. The summed E-state index contributed by atoms with van der Waals surface area (Å²) in [6.45, 7) is 4.91. The van der Waals surface area contributed by atoms with Gasteiger partial charge in [-0.15, -0.1) is 0 Å². The summed E-state index contributed by atoms with van der Waals surface area (Å²) < 4.78 is 11.7. The first-order valence-electron chi connectivity index (χ1n) is 14.7. The molecule has 1 unspecified atom stereocenters. The van der Waals surface area contributed by atoms with Crippen LogP contribution in [-0.2, 0) is 19.1 Å². The number of carboxylic acid groups (broad SMARTS) is 1. The number of nitrogens with one attached hydrogen (secondary N) is 2. The monoisotopic (exact) mass is 594 g/mol. The molecule has 1 aliphatic carbocycles. The van der Waals surface area contributed by atoms with Crippen LogP contribution < -0.4 is 10.6 Å². The number of aliphatic hydroxyl groups excluding tert-OH is 2. The van der Waals surface area contributed by atoms with Gasteiger partial charge in [0.15, 0.2) is 0 Å². The third kappa shape index (κ3) is 9.15. The SMILES string of the molecule is CCSCCCO[C@]1(C(=O)O)C[C@H](O)[C@@H](NC(C)=O)C([C@H](C)[C@H](O)CNC(=O)c2ccc(C3CCCCC3)cc2)O1. The second kappa shape index (κ2) is 15.9. The van der Waals surface area contributed by atoms with E-state index in [9.17, 15) is 29.7 Å². The highest BCUT2D eigenvalue weighted by molar-refractivity contribution is 7.99. The third-order valence-corrected chi connectivity index (χ3v) is 9.07. The zero-order valence-corrected chi connectivity index (χ0v) is 25.2. The van der Waals surface area contributed by atoms with Crippen molar-refractivity contribution in [2.45, 2.75) is 102 Å². The maximum Gasteiger partial charge on any atom is 0.364 e. The van der Waals surface area contributed by atoms with Crippen molar-refractivity contribution in [2.75, 3.05) is 24.7 Å². The standard InChI is InChI=1S/C30H46N2O8S/c1-4-41-16-8-15-39-30(29(37)38)17-24(34)26(32-20(3)33)27(40-30)19(2)25(35)18-31-28(36)23-13-11-22(12-14-23)21-9-6-5-7-10-21/h11-14,19,21,24-27,34-35H,4-10,15-18H2,1-3H3,(H,31,36)(H,32,33)(H,37,38)/t19-,24+,25-,26-,27?,30-/m1/s1. The molecule has 2 fully saturated rings. The maximum absolute atomic E-state index is 12.8. The van der Waals surface area contributed by atoms with Gasteiger partial charge in [0.05, 0.1) is 31.0 Å². The highest BCUT2D eigenvalue weighted by Gasteiger charge is 2.55. The lowest BCUT2D eigenvalue weighted by Gasteiger charge is -2.47. The fraction of sp³-hybridized carbons (Fsp3) is 0.700. The van der Waals surface area contributed by atoms with Gasteiger partial charge in [0, 0.05) is 31.4 Å². The molecule has 2 amide bonds. The maximum atomic E-state index is 12.8. The largest absolute Gasteiger partial charge is 0.477 e. The van der Waals surface area contributed by atoms with Crippen molar-refractivity contribution in [3.63, 3.8) is 0 Å². The van der Waals surface area contributed by atoms with E-state index in [1.807, 2.05) is 19.1 Å². The van der Waals surface area contributed by atoms with Gasteiger partial charge < -0.3 is 35.4 Å². The minimum atomic E-state index is -2.13. The Kier molecular flexibility index (Phi) is 12.9. The van der Waals surface area contributed by atoms with Crippen LogP contribution in [0.25, 0.3) is 0 Å². The number of hydrogen-bond donors (Lipinski definition) is 5. The number of carboxylic acids is 1. The van der Waals surface area contributed by atoms with Crippen LogP contribution in [-0.4, -0.2) is 87.9 Å². The Morgan fingerprint density at radius 1 is 1.17 bits per heavy atom. The van der Waals surface area contributed by atoms with Gasteiger partial charge in [0.1, 0.15) is 0 Å². The van der Waals surface area contributed by atoms with Crippen molar-refractivity contribution in [3.8, 4) is 0 Å². The third-order valence-electron chi connectivity index (χ3n) is 8.09. The summed E-state index contributed by atoms with van der Waals surface area (Å²) in [5, 5.41) is 37.4. The van der Waals surface area contributed by atoms with E-state index in [0.717, 1.165) is 11.5 Å². The summed E-state index contributed by atoms with van der Waals surface area (Å²) in [5.41, 5.74) is 1.71. The summed E-state index contributed by atoms with van der Waals surface area (Å²) >= 11 is 1.70. The number of carbonyl (C=O) groups excluding carboxylic acids is 2. The first-order valence-corrected chi connectivity index (χ1v) is 15.9. The number of hydrogen-bond acceptors (Lipinski definition) is 8. The highest BCUT2D eigenvalue weighted by Crippen LogP contribution is 2.36. The van der Waals surface area contributed by atoms with Gasteiger partial charge in [-0.2, -0.15) is 11.8 Å². The van der Waals surface area contributed by atoms with Crippen LogP contribution in [0.1, 0.15) is 87.6 Å². The summed E-state index contributed by atoms with van der Waals surface area (Å²) in [6, 6.07) is 6.59. The molecule has 6 atom stereocenters. The molecule has 0 radical (unpaired) electrons. The predicted octanol–water partition coefficient (Wildman–Crippen LogP) is 3.06. The predicted molar refractivity (Wildman–Crippen MR) is 157 cm³/mol. The van der Waals surface area contributed by atoms with E-state index in [-0.39, 0.29) is 25.5 Å². The van der Waals surface area contributed by atoms with Crippen molar-refractivity contribution in [1.29, 1.82) is 0 Å². The van der Waals surface area contributed by atoms with Gasteiger partial charge in [0.2, 0.25) is 5.91 Å². The zero-order valence-electron chi connectivity index (χ0n) is 24.3. The number of rotatable bonds is 14. The van der Waals surface area contributed by atoms with E-state index in [2.05, 4.69) is 10.6 Å². The number of aliphatic carboxylic acids is 1. The molecule has 0 spiro atoms. The molecule has 0 bridgehead atoms. The number of carbonyl (C=O) groups is 3. The smallest absolute Gasteiger partial charge is 0.364 e. The molecule has 1 saturated carbocycles. The molecular weight excluding hydrogens is 548 g/mol. The molecule has 1 heterocycles. The second-order valence-corrected chi connectivity index (χ2v) is 12.5. The Labute approximate surface area is 246 Å². The molecule has 41 heavy (non-hydrogen) atoms. The Bertz CT molecular complexity index is 1000. The van der Waals surface area contributed by atoms with Gasteiger partial charge in [0.25, 0.3) is 11.7 Å². The molecular formula is C30H46N2O8S. The molecule has 3 rings (SSSR count). The Morgan fingerprint density at radius 3 is 2.46 bits per heavy atom. The molecule has 2 aliphatic rings. The number of thioether (sulfide) groups is 1. The first-order chi connectivity index (χ1) is 19.6.